The molecule has 1 unspecified atom stereocenters. The number of urea groups is 1. The van der Waals surface area contributed by atoms with E-state index in [0.29, 0.717) is 13.0 Å². The first-order valence-electron chi connectivity index (χ1n) is 6.95. The van der Waals surface area contributed by atoms with Gasteiger partial charge >= 0.3 is 18.0 Å². The molecule has 0 heterocycles. The average Bonchev–Trinajstić information content (AvgIpc) is 2.35. The van der Waals surface area contributed by atoms with Crippen molar-refractivity contribution in [2.24, 2.45) is 5.41 Å². The van der Waals surface area contributed by atoms with Crippen LogP contribution in [0.2, 0.25) is 0 Å². The van der Waals surface area contributed by atoms with Gasteiger partial charge in [-0.15, -0.1) is 0 Å². The number of ether oxygens (including phenoxy) is 1. The highest BCUT2D eigenvalue weighted by molar-refractivity contribution is 5.81. The quantitative estimate of drug-likeness (QED) is 0.694. The number of carbonyl (C=O) groups excluding carboxylic acids is 2. The van der Waals surface area contributed by atoms with Crippen molar-refractivity contribution < 1.29 is 24.2 Å². The molecule has 0 radical (unpaired) electrons. The average molecular weight is 302 g/mol. The van der Waals surface area contributed by atoms with Gasteiger partial charge in [-0.2, -0.15) is 0 Å². The van der Waals surface area contributed by atoms with Crippen molar-refractivity contribution in [3.63, 3.8) is 0 Å². The number of aliphatic carboxylic acids is 1. The smallest absolute Gasteiger partial charge is 0.325 e. The maximum Gasteiger partial charge on any atom is 0.325 e. The molecule has 7 heteroatoms. The maximum absolute atomic E-state index is 12.2. The van der Waals surface area contributed by atoms with E-state index in [4.69, 9.17) is 5.11 Å². The molecular weight excluding hydrogens is 276 g/mol. The van der Waals surface area contributed by atoms with Crippen molar-refractivity contribution >= 4 is 18.0 Å². The van der Waals surface area contributed by atoms with Gasteiger partial charge in [-0.3, -0.25) is 9.59 Å². The molecule has 7 nitrogen and oxygen atoms in total. The second-order valence-electron chi connectivity index (χ2n) is 5.96. The van der Waals surface area contributed by atoms with E-state index in [-0.39, 0.29) is 13.0 Å². The van der Waals surface area contributed by atoms with E-state index >= 15 is 0 Å². The lowest BCUT2D eigenvalue weighted by Gasteiger charge is -2.32. The normalized spacial score (nSPS) is 12.4. The molecular formula is C14H26N2O5. The Balaban J connectivity index is 4.89. The van der Waals surface area contributed by atoms with E-state index in [1.165, 1.54) is 12.0 Å². The monoisotopic (exact) mass is 302 g/mol. The number of methoxy groups -OCH3 is 1. The molecule has 0 aromatic carbocycles. The minimum atomic E-state index is -0.981. The van der Waals surface area contributed by atoms with Gasteiger partial charge in [0.1, 0.15) is 6.54 Å². The lowest BCUT2D eigenvalue weighted by molar-refractivity contribution is -0.141. The van der Waals surface area contributed by atoms with Crippen LogP contribution in [0.5, 0.6) is 0 Å². The summed E-state index contributed by atoms with van der Waals surface area (Å²) in [4.78, 5) is 35.8. The second-order valence-corrected chi connectivity index (χ2v) is 5.96. The molecule has 0 bridgehead atoms. The fraction of sp³-hybridized carbons (Fsp3) is 0.786. The summed E-state index contributed by atoms with van der Waals surface area (Å²) in [5.41, 5.74) is -0.406. The highest BCUT2D eigenvalue weighted by atomic mass is 16.5. The molecule has 0 aromatic heterocycles. The van der Waals surface area contributed by atoms with E-state index in [0.717, 1.165) is 0 Å². The number of nitrogens with one attached hydrogen (secondary N) is 1. The van der Waals surface area contributed by atoms with Crippen LogP contribution in [0, 0.1) is 5.41 Å². The Hall–Kier alpha value is -1.79. The van der Waals surface area contributed by atoms with Crippen LogP contribution in [-0.4, -0.2) is 54.2 Å². The maximum atomic E-state index is 12.2. The molecule has 0 aliphatic rings. The molecule has 122 valence electrons. The molecule has 0 aliphatic heterocycles. The first-order valence-corrected chi connectivity index (χ1v) is 6.95. The van der Waals surface area contributed by atoms with Crippen LogP contribution in [0.1, 0.15) is 40.5 Å². The van der Waals surface area contributed by atoms with Crippen LogP contribution in [0.3, 0.4) is 0 Å². The Morgan fingerprint density at radius 3 is 2.24 bits per heavy atom. The number of nitrogens with zero attached hydrogens (tertiary/aromatic N) is 1. The Morgan fingerprint density at radius 2 is 1.86 bits per heavy atom. The summed E-state index contributed by atoms with van der Waals surface area (Å²) >= 11 is 0. The van der Waals surface area contributed by atoms with Crippen LogP contribution in [0.4, 0.5) is 4.79 Å². The molecule has 0 aliphatic carbocycles. The fourth-order valence-electron chi connectivity index (χ4n) is 1.73. The Bertz CT molecular complexity index is 376. The summed E-state index contributed by atoms with van der Waals surface area (Å²) in [6.07, 6.45) is 0.511. The van der Waals surface area contributed by atoms with Gasteiger partial charge in [0.2, 0.25) is 0 Å². The molecule has 0 rings (SSSR count). The number of esters is 1. The zero-order valence-electron chi connectivity index (χ0n) is 13.4. The lowest BCUT2D eigenvalue weighted by Crippen LogP contribution is -2.51. The number of hydrogen-bond donors (Lipinski definition) is 2. The third kappa shape index (κ3) is 7.53. The van der Waals surface area contributed by atoms with Gasteiger partial charge in [0, 0.05) is 12.6 Å². The van der Waals surface area contributed by atoms with E-state index in [1.54, 1.807) is 0 Å². The van der Waals surface area contributed by atoms with Crippen LogP contribution in [0.15, 0.2) is 0 Å². The van der Waals surface area contributed by atoms with E-state index in [9.17, 15) is 14.4 Å². The number of carbonyl (C=O) groups is 3. The van der Waals surface area contributed by atoms with Gasteiger partial charge in [-0.05, 0) is 11.8 Å². The first-order chi connectivity index (χ1) is 9.61. The zero-order chi connectivity index (χ0) is 16.6. The second kappa shape index (κ2) is 8.49. The van der Waals surface area contributed by atoms with Crippen molar-refractivity contribution in [2.75, 3.05) is 20.2 Å². The fourth-order valence-corrected chi connectivity index (χ4v) is 1.73. The van der Waals surface area contributed by atoms with Crippen molar-refractivity contribution in [1.82, 2.24) is 10.2 Å². The molecule has 0 saturated carbocycles. The number of hydrogen-bond acceptors (Lipinski definition) is 4. The van der Waals surface area contributed by atoms with Gasteiger partial charge in [-0.25, -0.2) is 4.79 Å². The molecule has 21 heavy (non-hydrogen) atoms. The topological polar surface area (TPSA) is 95.9 Å². The first kappa shape index (κ1) is 19.2. The van der Waals surface area contributed by atoms with Gasteiger partial charge in [0.05, 0.1) is 13.5 Å². The minimum Gasteiger partial charge on any atom is -0.481 e. The highest BCUT2D eigenvalue weighted by Crippen LogP contribution is 2.22. The summed E-state index contributed by atoms with van der Waals surface area (Å²) < 4.78 is 4.56. The summed E-state index contributed by atoms with van der Waals surface area (Å²) in [5, 5.41) is 11.6. The van der Waals surface area contributed by atoms with Crippen LogP contribution in [-0.2, 0) is 14.3 Å². The molecule has 2 N–H and O–H groups in total. The van der Waals surface area contributed by atoms with Gasteiger partial charge in [0.15, 0.2) is 0 Å². The van der Waals surface area contributed by atoms with Gasteiger partial charge < -0.3 is 20.1 Å². The Morgan fingerprint density at radius 1 is 1.29 bits per heavy atom. The number of carboxylic acid groups (broad SMARTS) is 1. The third-order valence-electron chi connectivity index (χ3n) is 3.05. The summed E-state index contributed by atoms with van der Waals surface area (Å²) in [5.74, 6) is -1.49. The Kier molecular flexibility index (Phi) is 7.76. The van der Waals surface area contributed by atoms with E-state index < -0.39 is 29.4 Å². The third-order valence-corrected chi connectivity index (χ3v) is 3.05. The van der Waals surface area contributed by atoms with Gasteiger partial charge in [0.25, 0.3) is 0 Å². The number of amides is 2. The highest BCUT2D eigenvalue weighted by Gasteiger charge is 2.30. The van der Waals surface area contributed by atoms with Crippen LogP contribution in [0.25, 0.3) is 0 Å². The van der Waals surface area contributed by atoms with Crippen molar-refractivity contribution in [1.29, 1.82) is 0 Å². The van der Waals surface area contributed by atoms with Gasteiger partial charge in [-0.1, -0.05) is 27.7 Å². The summed E-state index contributed by atoms with van der Waals surface area (Å²) in [6, 6.07) is -0.983. The van der Waals surface area contributed by atoms with Crippen molar-refractivity contribution in [2.45, 2.75) is 46.6 Å². The van der Waals surface area contributed by atoms with Crippen molar-refractivity contribution in [3.8, 4) is 0 Å². The predicted molar refractivity (Wildman–Crippen MR) is 77.9 cm³/mol. The number of rotatable bonds is 7. The molecule has 0 aromatic rings. The minimum absolute atomic E-state index is 0.153. The van der Waals surface area contributed by atoms with E-state index in [1.807, 2.05) is 27.7 Å². The molecule has 1 atom stereocenters. The Labute approximate surface area is 125 Å². The molecule has 0 spiro atoms. The zero-order valence-corrected chi connectivity index (χ0v) is 13.4. The van der Waals surface area contributed by atoms with Crippen LogP contribution < -0.4 is 5.32 Å². The predicted octanol–water partition coefficient (Wildman–Crippen LogP) is 1.47. The molecule has 0 saturated heterocycles. The van der Waals surface area contributed by atoms with Crippen molar-refractivity contribution in [3.05, 3.63) is 0 Å². The largest absolute Gasteiger partial charge is 0.481 e. The molecule has 0 fully saturated rings. The SMILES string of the molecule is CCCN(CC(=O)OC)C(=O)NC(CC(=O)O)C(C)(C)C. The lowest BCUT2D eigenvalue weighted by atomic mass is 9.85. The summed E-state index contributed by atoms with van der Waals surface area (Å²) in [7, 11) is 1.26. The molecule has 2 amide bonds. The number of carboxylic acids is 1. The standard InChI is InChI=1S/C14H26N2O5/c1-6-7-16(9-12(19)21-5)13(20)15-10(8-11(17)18)14(2,3)4/h10H,6-9H2,1-5H3,(H,15,20)(H,17,18). The summed E-state index contributed by atoms with van der Waals surface area (Å²) in [6.45, 7) is 7.68. The van der Waals surface area contributed by atoms with E-state index in [2.05, 4.69) is 10.1 Å². The van der Waals surface area contributed by atoms with Crippen LogP contribution >= 0.6 is 0 Å².